The molecule has 0 fully saturated rings. The molecule has 0 saturated heterocycles. The minimum absolute atomic E-state index is 0.0906. The Labute approximate surface area is 139 Å². The molecule has 24 heavy (non-hydrogen) atoms. The maximum absolute atomic E-state index is 12.8. The van der Waals surface area contributed by atoms with E-state index in [2.05, 4.69) is 15.3 Å². The molecule has 0 aliphatic carbocycles. The molecule has 122 valence electrons. The first-order valence-corrected chi connectivity index (χ1v) is 7.95. The number of benzene rings is 1. The Morgan fingerprint density at radius 3 is 2.71 bits per heavy atom. The van der Waals surface area contributed by atoms with Gasteiger partial charge in [-0.1, -0.05) is 30.3 Å². The fourth-order valence-corrected chi connectivity index (χ4v) is 3.12. The molecule has 1 aliphatic heterocycles. The Bertz CT molecular complexity index is 839. The molecular formula is C17H18N6O. The van der Waals surface area contributed by atoms with Gasteiger partial charge < -0.3 is 4.90 Å². The second-order valence-corrected chi connectivity index (χ2v) is 5.96. The van der Waals surface area contributed by atoms with Crippen LogP contribution in [0.25, 0.3) is 0 Å². The summed E-state index contributed by atoms with van der Waals surface area (Å²) in [5.41, 5.74) is 1.11. The molecule has 3 heterocycles. The zero-order valence-corrected chi connectivity index (χ0v) is 13.4. The number of rotatable bonds is 4. The predicted molar refractivity (Wildman–Crippen MR) is 86.8 cm³/mol. The summed E-state index contributed by atoms with van der Waals surface area (Å²) < 4.78 is 3.72. The van der Waals surface area contributed by atoms with Gasteiger partial charge in [-0.05, 0) is 18.6 Å². The number of carbonyl (C=O) groups excluding carboxylic acids is 1. The van der Waals surface area contributed by atoms with Crippen molar-refractivity contribution in [3.8, 4) is 0 Å². The van der Waals surface area contributed by atoms with Gasteiger partial charge in [-0.25, -0.2) is 0 Å². The largest absolute Gasteiger partial charge is 0.329 e. The van der Waals surface area contributed by atoms with Crippen LogP contribution in [0.2, 0.25) is 0 Å². The highest BCUT2D eigenvalue weighted by molar-refractivity contribution is 5.81. The number of fused-ring (bicyclic) bond motifs is 1. The predicted octanol–water partition coefficient (Wildman–Crippen LogP) is 1.63. The lowest BCUT2D eigenvalue weighted by atomic mass is 10.1. The van der Waals surface area contributed by atoms with E-state index in [1.807, 2.05) is 59.0 Å². The van der Waals surface area contributed by atoms with Crippen LogP contribution in [0.15, 0.2) is 48.8 Å². The number of carbonyl (C=O) groups is 1. The van der Waals surface area contributed by atoms with E-state index in [9.17, 15) is 4.79 Å². The zero-order chi connectivity index (χ0) is 16.5. The summed E-state index contributed by atoms with van der Waals surface area (Å²) in [6, 6.07) is 11.6. The number of aromatic nitrogens is 5. The Kier molecular flexibility index (Phi) is 3.60. The van der Waals surface area contributed by atoms with Crippen LogP contribution in [-0.2, 0) is 24.4 Å². The molecule has 0 saturated carbocycles. The van der Waals surface area contributed by atoms with E-state index in [4.69, 9.17) is 0 Å². The van der Waals surface area contributed by atoms with E-state index < -0.39 is 0 Å². The Hall–Kier alpha value is -2.96. The molecule has 4 rings (SSSR count). The Morgan fingerprint density at radius 1 is 1.12 bits per heavy atom. The van der Waals surface area contributed by atoms with E-state index in [-0.39, 0.29) is 11.9 Å². The van der Waals surface area contributed by atoms with E-state index in [1.54, 1.807) is 10.9 Å². The van der Waals surface area contributed by atoms with Gasteiger partial charge in [0, 0.05) is 18.9 Å². The maximum Gasteiger partial charge on any atom is 0.246 e. The molecule has 1 aliphatic rings. The molecule has 3 aromatic rings. The third-order valence-corrected chi connectivity index (χ3v) is 4.30. The topological polar surface area (TPSA) is 68.8 Å². The maximum atomic E-state index is 12.8. The molecule has 1 atom stereocenters. The number of amides is 1. The molecule has 7 nitrogen and oxygen atoms in total. The summed E-state index contributed by atoms with van der Waals surface area (Å²) in [6.45, 7) is 3.48. The number of hydrogen-bond acceptors (Lipinski definition) is 4. The molecular weight excluding hydrogens is 304 g/mol. The SMILES string of the molecule is C[C@@H]1C(=O)N(Cc2ccccc2)Cc2nnc(Cn3cccn3)n21. The molecule has 1 amide bonds. The van der Waals surface area contributed by atoms with E-state index in [1.165, 1.54) is 0 Å². The Morgan fingerprint density at radius 2 is 1.96 bits per heavy atom. The average Bonchev–Trinajstić information content (AvgIpc) is 3.24. The van der Waals surface area contributed by atoms with Gasteiger partial charge in [0.2, 0.25) is 5.91 Å². The van der Waals surface area contributed by atoms with Gasteiger partial charge in [0.1, 0.15) is 12.6 Å². The molecule has 0 N–H and O–H groups in total. The lowest BCUT2D eigenvalue weighted by Gasteiger charge is -2.32. The summed E-state index contributed by atoms with van der Waals surface area (Å²) in [5, 5.41) is 12.8. The van der Waals surface area contributed by atoms with Gasteiger partial charge in [0.05, 0.1) is 6.54 Å². The third-order valence-electron chi connectivity index (χ3n) is 4.30. The second kappa shape index (κ2) is 5.92. The molecule has 1 aromatic carbocycles. The van der Waals surface area contributed by atoms with Crippen LogP contribution in [0.1, 0.15) is 30.2 Å². The van der Waals surface area contributed by atoms with Crippen molar-refractivity contribution >= 4 is 5.91 Å². The highest BCUT2D eigenvalue weighted by Crippen LogP contribution is 2.24. The minimum atomic E-state index is -0.307. The summed E-state index contributed by atoms with van der Waals surface area (Å²) in [6.07, 6.45) is 3.60. The van der Waals surface area contributed by atoms with Gasteiger partial charge in [-0.2, -0.15) is 5.10 Å². The lowest BCUT2D eigenvalue weighted by molar-refractivity contribution is -0.137. The molecule has 0 spiro atoms. The van der Waals surface area contributed by atoms with Crippen LogP contribution in [0.3, 0.4) is 0 Å². The van der Waals surface area contributed by atoms with Gasteiger partial charge in [0.25, 0.3) is 0 Å². The number of nitrogens with zero attached hydrogens (tertiary/aromatic N) is 6. The molecule has 0 unspecified atom stereocenters. The summed E-state index contributed by atoms with van der Waals surface area (Å²) in [5.74, 6) is 1.67. The molecule has 0 radical (unpaired) electrons. The summed E-state index contributed by atoms with van der Waals surface area (Å²) >= 11 is 0. The van der Waals surface area contributed by atoms with Crippen molar-refractivity contribution in [1.82, 2.24) is 29.4 Å². The van der Waals surface area contributed by atoms with E-state index in [0.29, 0.717) is 19.6 Å². The van der Waals surface area contributed by atoms with Gasteiger partial charge >= 0.3 is 0 Å². The molecule has 7 heteroatoms. The zero-order valence-electron chi connectivity index (χ0n) is 13.4. The van der Waals surface area contributed by atoms with E-state index >= 15 is 0 Å². The second-order valence-electron chi connectivity index (χ2n) is 5.96. The van der Waals surface area contributed by atoms with Crippen molar-refractivity contribution in [2.45, 2.75) is 32.6 Å². The van der Waals surface area contributed by atoms with Gasteiger partial charge in [-0.3, -0.25) is 14.0 Å². The van der Waals surface area contributed by atoms with Crippen LogP contribution in [-0.4, -0.2) is 35.4 Å². The lowest BCUT2D eigenvalue weighted by Crippen LogP contribution is -2.41. The standard InChI is InChI=1S/C17H18N6O/c1-13-17(24)21(10-14-6-3-2-4-7-14)11-15-19-20-16(23(13)15)12-22-9-5-8-18-22/h2-9,13H,10-12H2,1H3/t13-/m1/s1. The third kappa shape index (κ3) is 2.58. The summed E-state index contributed by atoms with van der Waals surface area (Å²) in [4.78, 5) is 14.6. The first-order chi connectivity index (χ1) is 11.7. The minimum Gasteiger partial charge on any atom is -0.329 e. The van der Waals surface area contributed by atoms with Crippen molar-refractivity contribution in [1.29, 1.82) is 0 Å². The van der Waals surface area contributed by atoms with Crippen LogP contribution in [0, 0.1) is 0 Å². The first kappa shape index (κ1) is 14.6. The van der Waals surface area contributed by atoms with Gasteiger partial charge in [-0.15, -0.1) is 10.2 Å². The van der Waals surface area contributed by atoms with Crippen molar-refractivity contribution in [3.63, 3.8) is 0 Å². The van der Waals surface area contributed by atoms with Crippen molar-refractivity contribution < 1.29 is 4.79 Å². The highest BCUT2D eigenvalue weighted by Gasteiger charge is 2.33. The molecule has 2 aromatic heterocycles. The smallest absolute Gasteiger partial charge is 0.246 e. The summed E-state index contributed by atoms with van der Waals surface area (Å²) in [7, 11) is 0. The van der Waals surface area contributed by atoms with Crippen LogP contribution < -0.4 is 0 Å². The van der Waals surface area contributed by atoms with Crippen LogP contribution >= 0.6 is 0 Å². The molecule has 0 bridgehead atoms. The highest BCUT2D eigenvalue weighted by atomic mass is 16.2. The average molecular weight is 322 g/mol. The Balaban J connectivity index is 1.59. The fourth-order valence-electron chi connectivity index (χ4n) is 3.12. The van der Waals surface area contributed by atoms with Crippen molar-refractivity contribution in [2.24, 2.45) is 0 Å². The monoisotopic (exact) mass is 322 g/mol. The first-order valence-electron chi connectivity index (χ1n) is 7.95. The van der Waals surface area contributed by atoms with Crippen LogP contribution in [0.5, 0.6) is 0 Å². The fraction of sp³-hybridized carbons (Fsp3) is 0.294. The van der Waals surface area contributed by atoms with Gasteiger partial charge in [0.15, 0.2) is 11.6 Å². The van der Waals surface area contributed by atoms with Crippen molar-refractivity contribution in [2.75, 3.05) is 0 Å². The van der Waals surface area contributed by atoms with E-state index in [0.717, 1.165) is 17.2 Å². The quantitative estimate of drug-likeness (QED) is 0.732. The normalized spacial score (nSPS) is 17.1. The number of hydrogen-bond donors (Lipinski definition) is 0. The van der Waals surface area contributed by atoms with Crippen molar-refractivity contribution in [3.05, 3.63) is 66.0 Å². The van der Waals surface area contributed by atoms with Crippen LogP contribution in [0.4, 0.5) is 0 Å².